The number of nitrogens with one attached hydrogen (secondary N) is 2. The molecule has 8 heteroatoms. The molecule has 3 aromatic rings. The highest BCUT2D eigenvalue weighted by atomic mass is 32.1. The number of carbonyl (C=O) groups excluding carboxylic acids is 1. The molecule has 2 N–H and O–H groups in total. The van der Waals surface area contributed by atoms with Gasteiger partial charge in [0.25, 0.3) is 5.56 Å². The molecule has 1 aliphatic carbocycles. The minimum absolute atomic E-state index is 0.0220. The summed E-state index contributed by atoms with van der Waals surface area (Å²) in [6.45, 7) is 3.95. The molecule has 0 aliphatic heterocycles. The Morgan fingerprint density at radius 1 is 1.38 bits per heavy atom. The van der Waals surface area contributed by atoms with Crippen LogP contribution in [0.1, 0.15) is 38.3 Å². The van der Waals surface area contributed by atoms with Gasteiger partial charge in [-0.15, -0.1) is 11.3 Å². The molecule has 134 valence electrons. The summed E-state index contributed by atoms with van der Waals surface area (Å²) in [6, 6.07) is 7.21. The molecule has 0 atom stereocenters. The average Bonchev–Trinajstić information content (AvgIpc) is 3.15. The van der Waals surface area contributed by atoms with Crippen LogP contribution in [-0.4, -0.2) is 25.7 Å². The highest BCUT2D eigenvalue weighted by Gasteiger charge is 2.30. The van der Waals surface area contributed by atoms with Crippen molar-refractivity contribution in [1.29, 1.82) is 0 Å². The van der Waals surface area contributed by atoms with Crippen LogP contribution in [-0.2, 0) is 4.79 Å². The van der Waals surface area contributed by atoms with Gasteiger partial charge in [-0.05, 0) is 30.2 Å². The molecule has 7 nitrogen and oxygen atoms in total. The van der Waals surface area contributed by atoms with Gasteiger partial charge in [-0.2, -0.15) is 9.78 Å². The van der Waals surface area contributed by atoms with Crippen molar-refractivity contribution in [2.24, 2.45) is 5.92 Å². The molecule has 0 radical (unpaired) electrons. The SMILES string of the molecule is CC(C)c1cc(=O)[nH]c(-n2nc(-c3cccs3)cc2NC(=O)C2CC2)n1. The summed E-state index contributed by atoms with van der Waals surface area (Å²) in [7, 11) is 0. The van der Waals surface area contributed by atoms with Crippen molar-refractivity contribution in [3.8, 4) is 16.5 Å². The maximum absolute atomic E-state index is 12.3. The van der Waals surface area contributed by atoms with Crippen LogP contribution in [0.15, 0.2) is 34.4 Å². The standard InChI is InChI=1S/C18H19N5O2S/c1-10(2)12-9-16(24)21-18(19-12)23-15(20-17(25)11-5-6-11)8-13(22-23)14-4-3-7-26-14/h3-4,7-11H,5-6H2,1-2H3,(H,20,25)(H,19,21,24). The van der Waals surface area contributed by atoms with E-state index in [0.717, 1.165) is 23.4 Å². The van der Waals surface area contributed by atoms with Gasteiger partial charge in [-0.3, -0.25) is 14.6 Å². The van der Waals surface area contributed by atoms with Gasteiger partial charge in [0.05, 0.1) is 10.6 Å². The summed E-state index contributed by atoms with van der Waals surface area (Å²) in [5, 5.41) is 9.47. The van der Waals surface area contributed by atoms with Gasteiger partial charge in [0.2, 0.25) is 11.9 Å². The minimum Gasteiger partial charge on any atom is -0.310 e. The molecule has 0 unspecified atom stereocenters. The van der Waals surface area contributed by atoms with Crippen LogP contribution in [0.5, 0.6) is 0 Å². The second-order valence-electron chi connectivity index (χ2n) is 6.72. The number of anilines is 1. The molecule has 0 spiro atoms. The molecule has 1 amide bonds. The predicted octanol–water partition coefficient (Wildman–Crippen LogP) is 3.16. The van der Waals surface area contributed by atoms with Crippen molar-refractivity contribution in [2.45, 2.75) is 32.6 Å². The van der Waals surface area contributed by atoms with Crippen LogP contribution < -0.4 is 10.9 Å². The second kappa shape index (κ2) is 6.53. The van der Waals surface area contributed by atoms with E-state index in [1.807, 2.05) is 37.4 Å². The number of amides is 1. The quantitative estimate of drug-likeness (QED) is 0.722. The first-order chi connectivity index (χ1) is 12.5. The molecule has 0 bridgehead atoms. The number of aromatic amines is 1. The molecule has 0 saturated heterocycles. The molecule has 3 heterocycles. The third-order valence-electron chi connectivity index (χ3n) is 4.22. The number of hydrogen-bond acceptors (Lipinski definition) is 5. The van der Waals surface area contributed by atoms with Crippen molar-refractivity contribution in [3.05, 3.63) is 45.7 Å². The van der Waals surface area contributed by atoms with E-state index < -0.39 is 0 Å². The summed E-state index contributed by atoms with van der Waals surface area (Å²) in [5.41, 5.74) is 1.16. The molecular weight excluding hydrogens is 350 g/mol. The normalized spacial score (nSPS) is 14.0. The lowest BCUT2D eigenvalue weighted by Crippen LogP contribution is -2.20. The van der Waals surface area contributed by atoms with Crippen LogP contribution in [0.2, 0.25) is 0 Å². The molecular formula is C18H19N5O2S. The summed E-state index contributed by atoms with van der Waals surface area (Å²) < 4.78 is 1.50. The first-order valence-corrected chi connectivity index (χ1v) is 9.45. The number of aromatic nitrogens is 4. The zero-order valence-corrected chi connectivity index (χ0v) is 15.3. The van der Waals surface area contributed by atoms with E-state index >= 15 is 0 Å². The average molecular weight is 369 g/mol. The minimum atomic E-state index is -0.244. The lowest BCUT2D eigenvalue weighted by Gasteiger charge is -2.10. The molecule has 4 rings (SSSR count). The zero-order valence-electron chi connectivity index (χ0n) is 14.5. The highest BCUT2D eigenvalue weighted by molar-refractivity contribution is 7.13. The number of hydrogen-bond donors (Lipinski definition) is 2. The molecule has 1 fully saturated rings. The van der Waals surface area contributed by atoms with Crippen molar-refractivity contribution >= 4 is 23.1 Å². The van der Waals surface area contributed by atoms with E-state index in [9.17, 15) is 9.59 Å². The van der Waals surface area contributed by atoms with Crippen molar-refractivity contribution in [1.82, 2.24) is 19.7 Å². The van der Waals surface area contributed by atoms with Gasteiger partial charge < -0.3 is 5.32 Å². The summed E-state index contributed by atoms with van der Waals surface area (Å²) >= 11 is 1.56. The fraction of sp³-hybridized carbons (Fsp3) is 0.333. The van der Waals surface area contributed by atoms with Crippen LogP contribution in [0.3, 0.4) is 0 Å². The van der Waals surface area contributed by atoms with Gasteiger partial charge in [-0.1, -0.05) is 19.9 Å². The van der Waals surface area contributed by atoms with Gasteiger partial charge in [-0.25, -0.2) is 4.98 Å². The number of thiophene rings is 1. The van der Waals surface area contributed by atoms with Crippen LogP contribution >= 0.6 is 11.3 Å². The highest BCUT2D eigenvalue weighted by Crippen LogP contribution is 2.32. The van der Waals surface area contributed by atoms with Crippen LogP contribution in [0, 0.1) is 5.92 Å². The Morgan fingerprint density at radius 3 is 2.85 bits per heavy atom. The zero-order chi connectivity index (χ0) is 18.3. The third-order valence-corrected chi connectivity index (χ3v) is 5.12. The Balaban J connectivity index is 1.80. The van der Waals surface area contributed by atoms with Crippen molar-refractivity contribution in [2.75, 3.05) is 5.32 Å². The van der Waals surface area contributed by atoms with E-state index in [1.165, 1.54) is 10.7 Å². The van der Waals surface area contributed by atoms with Gasteiger partial charge in [0.15, 0.2) is 0 Å². The molecule has 26 heavy (non-hydrogen) atoms. The molecule has 3 aromatic heterocycles. The molecule has 1 aliphatic rings. The lowest BCUT2D eigenvalue weighted by atomic mass is 10.1. The molecule has 0 aromatic carbocycles. The van der Waals surface area contributed by atoms with Crippen molar-refractivity contribution < 1.29 is 4.79 Å². The smallest absolute Gasteiger partial charge is 0.252 e. The first-order valence-electron chi connectivity index (χ1n) is 8.57. The van der Waals surface area contributed by atoms with Crippen LogP contribution in [0.25, 0.3) is 16.5 Å². The van der Waals surface area contributed by atoms with Gasteiger partial charge in [0, 0.05) is 18.1 Å². The van der Waals surface area contributed by atoms with E-state index in [1.54, 1.807) is 11.3 Å². The number of H-pyrrole nitrogens is 1. The van der Waals surface area contributed by atoms with Gasteiger partial charge in [0.1, 0.15) is 11.5 Å². The van der Waals surface area contributed by atoms with Gasteiger partial charge >= 0.3 is 0 Å². The topological polar surface area (TPSA) is 92.7 Å². The maximum Gasteiger partial charge on any atom is 0.252 e. The summed E-state index contributed by atoms with van der Waals surface area (Å²) in [5.74, 6) is 0.959. The first kappa shape index (κ1) is 16.7. The number of rotatable bonds is 5. The van der Waals surface area contributed by atoms with E-state index in [4.69, 9.17) is 0 Å². The maximum atomic E-state index is 12.3. The predicted molar refractivity (Wildman–Crippen MR) is 101 cm³/mol. The fourth-order valence-corrected chi connectivity index (χ4v) is 3.29. The second-order valence-corrected chi connectivity index (χ2v) is 7.66. The summed E-state index contributed by atoms with van der Waals surface area (Å²) in [4.78, 5) is 32.5. The Kier molecular flexibility index (Phi) is 4.20. The Hall–Kier alpha value is -2.74. The molecule has 1 saturated carbocycles. The fourth-order valence-electron chi connectivity index (χ4n) is 2.61. The van der Waals surface area contributed by atoms with Crippen molar-refractivity contribution in [3.63, 3.8) is 0 Å². The largest absolute Gasteiger partial charge is 0.310 e. The Labute approximate surface area is 154 Å². The van der Waals surface area contributed by atoms with Crippen LogP contribution in [0.4, 0.5) is 5.82 Å². The number of carbonyl (C=O) groups is 1. The van der Waals surface area contributed by atoms with E-state index in [-0.39, 0.29) is 23.3 Å². The van der Waals surface area contributed by atoms with E-state index in [0.29, 0.717) is 17.5 Å². The monoisotopic (exact) mass is 369 g/mol. The Morgan fingerprint density at radius 2 is 2.19 bits per heavy atom. The Bertz CT molecular complexity index is 999. The number of nitrogens with zero attached hydrogens (tertiary/aromatic N) is 3. The van der Waals surface area contributed by atoms with E-state index in [2.05, 4.69) is 20.4 Å². The lowest BCUT2D eigenvalue weighted by molar-refractivity contribution is -0.117. The third kappa shape index (κ3) is 3.32. The summed E-state index contributed by atoms with van der Waals surface area (Å²) in [6.07, 6.45) is 1.82.